The van der Waals surface area contributed by atoms with Gasteiger partial charge in [0.1, 0.15) is 17.7 Å². The number of aromatic nitrogens is 2. The molecule has 0 bridgehead atoms. The van der Waals surface area contributed by atoms with Crippen LogP contribution < -0.4 is 15.6 Å². The second-order valence-corrected chi connectivity index (χ2v) is 8.81. The van der Waals surface area contributed by atoms with Crippen molar-refractivity contribution < 1.29 is 28.2 Å². The Morgan fingerprint density at radius 3 is 2.53 bits per heavy atom. The summed E-state index contributed by atoms with van der Waals surface area (Å²) in [6.45, 7) is 3.51. The minimum atomic E-state index is -0.920. The first-order valence-corrected chi connectivity index (χ1v) is 11.3. The number of carbonyl (C=O) groups excluding carboxylic acids is 3. The standard InChI is InChI=1S/C24H30FN5O6/c1-13-9-15(7-8-16(13)25)10-26-21(31)18-19(35-6)22(32)30-14(2)11-36-12-17(20(30)27-18)29(5)24(34)23(33)28(3)4/h7-9,14,17H,10-12H2,1-6H3,(H,26,31). The topological polar surface area (TPSA) is 123 Å². The summed E-state index contributed by atoms with van der Waals surface area (Å²) in [7, 11) is 5.57. The predicted octanol–water partition coefficient (Wildman–Crippen LogP) is 0.808. The first-order chi connectivity index (χ1) is 17.0. The van der Waals surface area contributed by atoms with Crippen molar-refractivity contribution in [3.63, 3.8) is 0 Å². The van der Waals surface area contributed by atoms with Crippen molar-refractivity contribution in [3.05, 3.63) is 57.0 Å². The van der Waals surface area contributed by atoms with E-state index in [4.69, 9.17) is 9.47 Å². The lowest BCUT2D eigenvalue weighted by atomic mass is 10.1. The van der Waals surface area contributed by atoms with E-state index in [1.165, 1.54) is 45.0 Å². The third kappa shape index (κ3) is 5.23. The monoisotopic (exact) mass is 503 g/mol. The molecule has 2 aromatic rings. The van der Waals surface area contributed by atoms with Crippen LogP contribution in [-0.4, -0.2) is 78.5 Å². The van der Waals surface area contributed by atoms with Crippen LogP contribution in [0.4, 0.5) is 4.39 Å². The van der Waals surface area contributed by atoms with Crippen LogP contribution in [0.3, 0.4) is 0 Å². The molecule has 3 amide bonds. The number of halogens is 1. The Balaban J connectivity index is 2.04. The number of hydrogen-bond acceptors (Lipinski definition) is 7. The molecule has 2 unspecified atom stereocenters. The van der Waals surface area contributed by atoms with Gasteiger partial charge >= 0.3 is 11.8 Å². The maximum atomic E-state index is 13.6. The van der Waals surface area contributed by atoms with Crippen molar-refractivity contribution in [3.8, 4) is 5.75 Å². The van der Waals surface area contributed by atoms with Crippen molar-refractivity contribution in [1.82, 2.24) is 24.7 Å². The average molecular weight is 504 g/mol. The van der Waals surface area contributed by atoms with Gasteiger partial charge in [-0.25, -0.2) is 9.37 Å². The highest BCUT2D eigenvalue weighted by atomic mass is 19.1. The summed E-state index contributed by atoms with van der Waals surface area (Å²) >= 11 is 0. The van der Waals surface area contributed by atoms with Gasteiger partial charge in [-0.1, -0.05) is 12.1 Å². The number of aryl methyl sites for hydroxylation is 1. The summed E-state index contributed by atoms with van der Waals surface area (Å²) in [6.07, 6.45) is 0. The van der Waals surface area contributed by atoms with Gasteiger partial charge in [0.05, 0.1) is 26.4 Å². The summed E-state index contributed by atoms with van der Waals surface area (Å²) in [4.78, 5) is 58.3. The van der Waals surface area contributed by atoms with E-state index in [1.807, 2.05) is 0 Å². The lowest BCUT2D eigenvalue weighted by Gasteiger charge is -2.28. The third-order valence-electron chi connectivity index (χ3n) is 5.95. The Labute approximate surface area is 207 Å². The Morgan fingerprint density at radius 1 is 1.22 bits per heavy atom. The maximum Gasteiger partial charge on any atom is 0.312 e. The number of benzene rings is 1. The first-order valence-electron chi connectivity index (χ1n) is 11.3. The smallest absolute Gasteiger partial charge is 0.312 e. The number of hydrogen-bond donors (Lipinski definition) is 1. The van der Waals surface area contributed by atoms with Crippen molar-refractivity contribution in [1.29, 1.82) is 0 Å². The molecule has 0 aliphatic carbocycles. The molecule has 0 radical (unpaired) electrons. The highest BCUT2D eigenvalue weighted by Crippen LogP contribution is 2.27. The van der Waals surface area contributed by atoms with Gasteiger partial charge in [-0.3, -0.25) is 23.7 Å². The number of nitrogens with one attached hydrogen (secondary N) is 1. The van der Waals surface area contributed by atoms with E-state index >= 15 is 0 Å². The summed E-state index contributed by atoms with van der Waals surface area (Å²) in [5.41, 5.74) is 0.192. The predicted molar refractivity (Wildman–Crippen MR) is 127 cm³/mol. The van der Waals surface area contributed by atoms with Crippen LogP contribution in [0.5, 0.6) is 5.75 Å². The minimum Gasteiger partial charge on any atom is -0.489 e. The summed E-state index contributed by atoms with van der Waals surface area (Å²) in [5.74, 6) is -2.80. The van der Waals surface area contributed by atoms with Gasteiger partial charge in [0.15, 0.2) is 5.69 Å². The van der Waals surface area contributed by atoms with E-state index in [2.05, 4.69) is 10.3 Å². The number of nitrogens with zero attached hydrogens (tertiary/aromatic N) is 4. The molecule has 2 atom stereocenters. The molecular formula is C24H30FN5O6. The van der Waals surface area contributed by atoms with Crippen molar-refractivity contribution >= 4 is 17.7 Å². The van der Waals surface area contributed by atoms with Crippen LogP contribution in [0.2, 0.25) is 0 Å². The maximum absolute atomic E-state index is 13.6. The molecule has 0 spiro atoms. The molecule has 36 heavy (non-hydrogen) atoms. The van der Waals surface area contributed by atoms with Gasteiger partial charge in [-0.05, 0) is 31.0 Å². The van der Waals surface area contributed by atoms with Crippen LogP contribution in [0.15, 0.2) is 23.0 Å². The Hall–Kier alpha value is -3.80. The van der Waals surface area contributed by atoms with Crippen LogP contribution in [0.1, 0.15) is 46.4 Å². The zero-order valence-corrected chi connectivity index (χ0v) is 21.1. The number of amides is 3. The Morgan fingerprint density at radius 2 is 1.92 bits per heavy atom. The summed E-state index contributed by atoms with van der Waals surface area (Å²) < 4.78 is 25.8. The van der Waals surface area contributed by atoms with Gasteiger partial charge in [0, 0.05) is 27.7 Å². The molecule has 1 aliphatic rings. The molecule has 194 valence electrons. The average Bonchev–Trinajstić information content (AvgIpc) is 3.01. The number of likely N-dealkylation sites (N-methyl/N-ethyl adjacent to an activating group) is 2. The molecule has 1 N–H and O–H groups in total. The second kappa shape index (κ2) is 10.9. The van der Waals surface area contributed by atoms with Gasteiger partial charge in [0.25, 0.3) is 11.5 Å². The molecule has 11 nitrogen and oxygen atoms in total. The van der Waals surface area contributed by atoms with E-state index in [0.29, 0.717) is 11.1 Å². The third-order valence-corrected chi connectivity index (χ3v) is 5.95. The fraction of sp³-hybridized carbons (Fsp3) is 0.458. The molecule has 0 fully saturated rings. The highest BCUT2D eigenvalue weighted by molar-refractivity contribution is 6.34. The molecule has 1 aromatic carbocycles. The molecule has 0 saturated heterocycles. The molecule has 12 heteroatoms. The van der Waals surface area contributed by atoms with Gasteiger partial charge in [-0.2, -0.15) is 0 Å². The lowest BCUT2D eigenvalue weighted by Crippen LogP contribution is -2.45. The molecule has 2 heterocycles. The quantitative estimate of drug-likeness (QED) is 0.599. The fourth-order valence-corrected chi connectivity index (χ4v) is 3.88. The van der Waals surface area contributed by atoms with E-state index in [0.717, 1.165) is 9.80 Å². The largest absolute Gasteiger partial charge is 0.489 e. The van der Waals surface area contributed by atoms with Gasteiger partial charge in [0.2, 0.25) is 5.75 Å². The summed E-state index contributed by atoms with van der Waals surface area (Å²) in [6, 6.07) is 3.04. The number of ether oxygens (including phenoxy) is 2. The van der Waals surface area contributed by atoms with E-state index in [1.54, 1.807) is 19.9 Å². The molecule has 1 aromatic heterocycles. The SMILES string of the molecule is COc1c(C(=O)NCc2ccc(F)c(C)c2)nc2n(c1=O)C(C)COCC2N(C)C(=O)C(=O)N(C)C. The van der Waals surface area contributed by atoms with Gasteiger partial charge < -0.3 is 24.6 Å². The van der Waals surface area contributed by atoms with E-state index < -0.39 is 35.4 Å². The molecule has 0 saturated carbocycles. The molecule has 1 aliphatic heterocycles. The van der Waals surface area contributed by atoms with Gasteiger partial charge in [-0.15, -0.1) is 0 Å². The summed E-state index contributed by atoms with van der Waals surface area (Å²) in [5, 5.41) is 2.67. The van der Waals surface area contributed by atoms with Crippen LogP contribution >= 0.6 is 0 Å². The number of methoxy groups -OCH3 is 1. The second-order valence-electron chi connectivity index (χ2n) is 8.81. The van der Waals surface area contributed by atoms with Crippen molar-refractivity contribution in [2.75, 3.05) is 41.5 Å². The highest BCUT2D eigenvalue weighted by Gasteiger charge is 2.36. The van der Waals surface area contributed by atoms with Crippen LogP contribution in [0, 0.1) is 12.7 Å². The number of rotatable bonds is 5. The first kappa shape index (κ1) is 26.8. The zero-order chi connectivity index (χ0) is 26.7. The zero-order valence-electron chi connectivity index (χ0n) is 21.1. The van der Waals surface area contributed by atoms with Crippen molar-refractivity contribution in [2.45, 2.75) is 32.5 Å². The Kier molecular flexibility index (Phi) is 8.08. The molecular weight excluding hydrogens is 473 g/mol. The molecule has 3 rings (SSSR count). The number of fused-ring (bicyclic) bond motifs is 1. The normalized spacial score (nSPS) is 17.0. The van der Waals surface area contributed by atoms with Crippen molar-refractivity contribution in [2.24, 2.45) is 0 Å². The minimum absolute atomic E-state index is 0.0397. The number of carbonyl (C=O) groups is 3. The van der Waals surface area contributed by atoms with Crippen LogP contribution in [0.25, 0.3) is 0 Å². The fourth-order valence-electron chi connectivity index (χ4n) is 3.88. The lowest BCUT2D eigenvalue weighted by molar-refractivity contribution is -0.151. The van der Waals surface area contributed by atoms with E-state index in [9.17, 15) is 23.6 Å². The van der Waals surface area contributed by atoms with Crippen LogP contribution in [-0.2, 0) is 20.9 Å². The Bertz CT molecular complexity index is 1240. The van der Waals surface area contributed by atoms with E-state index in [-0.39, 0.29) is 42.8 Å².